The highest BCUT2D eigenvalue weighted by molar-refractivity contribution is 8.10. The fraction of sp³-hybridized carbons (Fsp3) is 0.100. The van der Waals surface area contributed by atoms with Gasteiger partial charge < -0.3 is 4.74 Å². The van der Waals surface area contributed by atoms with E-state index in [1.165, 1.54) is 55.6 Å². The van der Waals surface area contributed by atoms with E-state index in [0.29, 0.717) is 9.46 Å². The van der Waals surface area contributed by atoms with Crippen molar-refractivity contribution in [3.05, 3.63) is 84.4 Å². The summed E-state index contributed by atoms with van der Waals surface area (Å²) in [4.78, 5) is -0.271. The Morgan fingerprint density at radius 3 is 1.61 bits per heavy atom. The van der Waals surface area contributed by atoms with Crippen LogP contribution in [0.3, 0.4) is 0 Å². The van der Waals surface area contributed by atoms with Crippen LogP contribution < -0.4 is 8.45 Å². The molecule has 0 radical (unpaired) electrons. The molecule has 0 fully saturated rings. The molecular formula is C20H19NO5S2. The molecule has 146 valence electrons. The maximum atomic E-state index is 13.3. The number of ether oxygens (including phenoxy) is 1. The lowest BCUT2D eigenvalue weighted by Gasteiger charge is -2.24. The van der Waals surface area contributed by atoms with Gasteiger partial charge in [-0.25, -0.2) is 16.8 Å². The van der Waals surface area contributed by atoms with Crippen LogP contribution in [-0.4, -0.2) is 23.9 Å². The predicted octanol–water partition coefficient (Wildman–Crippen LogP) is 3.59. The molecule has 0 spiro atoms. The van der Waals surface area contributed by atoms with Crippen LogP contribution in [0.15, 0.2) is 88.7 Å². The predicted molar refractivity (Wildman–Crippen MR) is 107 cm³/mol. The van der Waals surface area contributed by atoms with Gasteiger partial charge in [0.05, 0.1) is 22.6 Å². The topological polar surface area (TPSA) is 80.8 Å². The molecule has 3 aromatic rings. The highest BCUT2D eigenvalue weighted by Crippen LogP contribution is 2.31. The van der Waals surface area contributed by atoms with Crippen molar-refractivity contribution < 1.29 is 21.6 Å². The number of nitrogens with zero attached hydrogens (tertiary/aromatic N) is 1. The van der Waals surface area contributed by atoms with Crippen molar-refractivity contribution in [3.8, 4) is 5.75 Å². The van der Waals surface area contributed by atoms with Gasteiger partial charge in [0, 0.05) is 0 Å². The molecule has 0 amide bonds. The molecule has 0 bridgehead atoms. The number of para-hydroxylation sites is 1. The number of methoxy groups -OCH3 is 1. The van der Waals surface area contributed by atoms with Gasteiger partial charge in [-0.2, -0.15) is 3.71 Å². The van der Waals surface area contributed by atoms with Gasteiger partial charge in [-0.1, -0.05) is 35.9 Å². The van der Waals surface area contributed by atoms with Gasteiger partial charge in [0.2, 0.25) is 0 Å². The molecule has 0 N–H and O–H groups in total. The van der Waals surface area contributed by atoms with Gasteiger partial charge in [0.25, 0.3) is 20.0 Å². The van der Waals surface area contributed by atoms with E-state index >= 15 is 0 Å². The van der Waals surface area contributed by atoms with Crippen molar-refractivity contribution in [1.29, 1.82) is 0 Å². The second-order valence-electron chi connectivity index (χ2n) is 6.03. The number of aryl methyl sites for hydroxylation is 1. The normalized spacial score (nSPS) is 11.8. The van der Waals surface area contributed by atoms with Crippen LogP contribution in [0.25, 0.3) is 0 Å². The molecule has 0 saturated carbocycles. The zero-order valence-corrected chi connectivity index (χ0v) is 16.9. The minimum absolute atomic E-state index is 0.0268. The molecule has 3 aromatic carbocycles. The fourth-order valence-corrected chi connectivity index (χ4v) is 6.30. The van der Waals surface area contributed by atoms with Gasteiger partial charge in [0.1, 0.15) is 5.75 Å². The molecule has 0 unspecified atom stereocenters. The van der Waals surface area contributed by atoms with E-state index in [2.05, 4.69) is 0 Å². The molecule has 0 saturated heterocycles. The van der Waals surface area contributed by atoms with Crippen LogP contribution in [-0.2, 0) is 20.0 Å². The summed E-state index contributed by atoms with van der Waals surface area (Å²) in [5, 5.41) is 0. The minimum Gasteiger partial charge on any atom is -0.497 e. The first-order chi connectivity index (χ1) is 13.3. The first-order valence-electron chi connectivity index (χ1n) is 8.33. The van der Waals surface area contributed by atoms with Gasteiger partial charge in [-0.15, -0.1) is 0 Å². The van der Waals surface area contributed by atoms with E-state index in [1.807, 2.05) is 6.92 Å². The molecule has 28 heavy (non-hydrogen) atoms. The molecular weight excluding hydrogens is 398 g/mol. The molecule has 0 atom stereocenters. The summed E-state index contributed by atoms with van der Waals surface area (Å²) in [5.74, 6) is 0.464. The number of hydrogen-bond acceptors (Lipinski definition) is 5. The van der Waals surface area contributed by atoms with E-state index in [9.17, 15) is 16.8 Å². The largest absolute Gasteiger partial charge is 0.497 e. The van der Waals surface area contributed by atoms with Gasteiger partial charge in [0.15, 0.2) is 0 Å². The zero-order valence-electron chi connectivity index (χ0n) is 15.3. The Kier molecular flexibility index (Phi) is 5.44. The Hall–Kier alpha value is -2.84. The maximum Gasteiger partial charge on any atom is 0.277 e. The molecule has 0 aliphatic rings. The van der Waals surface area contributed by atoms with Crippen LogP contribution >= 0.6 is 0 Å². The lowest BCUT2D eigenvalue weighted by atomic mass is 10.2. The molecule has 3 rings (SSSR count). The summed E-state index contributed by atoms with van der Waals surface area (Å²) < 4.78 is 58.8. The highest BCUT2D eigenvalue weighted by Gasteiger charge is 2.36. The number of benzene rings is 3. The van der Waals surface area contributed by atoms with Crippen LogP contribution in [0.1, 0.15) is 5.56 Å². The maximum absolute atomic E-state index is 13.3. The van der Waals surface area contributed by atoms with Crippen molar-refractivity contribution in [2.45, 2.75) is 16.7 Å². The van der Waals surface area contributed by atoms with Crippen molar-refractivity contribution in [1.82, 2.24) is 0 Å². The second-order valence-corrected chi connectivity index (χ2v) is 9.84. The summed E-state index contributed by atoms with van der Waals surface area (Å²) in [6.07, 6.45) is 0. The first-order valence-corrected chi connectivity index (χ1v) is 11.2. The average molecular weight is 418 g/mol. The van der Waals surface area contributed by atoms with Gasteiger partial charge >= 0.3 is 0 Å². The molecule has 8 heteroatoms. The second kappa shape index (κ2) is 7.65. The van der Waals surface area contributed by atoms with E-state index in [-0.39, 0.29) is 15.5 Å². The molecule has 0 aliphatic carbocycles. The van der Waals surface area contributed by atoms with Gasteiger partial charge in [-0.05, 0) is 55.5 Å². The Morgan fingerprint density at radius 2 is 1.14 bits per heavy atom. The number of sulfonamides is 2. The molecule has 0 aliphatic heterocycles. The van der Waals surface area contributed by atoms with Crippen LogP contribution in [0.4, 0.5) is 5.69 Å². The summed E-state index contributed by atoms with van der Waals surface area (Å²) in [6.45, 7) is 1.82. The lowest BCUT2D eigenvalue weighted by Crippen LogP contribution is -2.37. The van der Waals surface area contributed by atoms with Crippen molar-refractivity contribution in [2.24, 2.45) is 0 Å². The monoisotopic (exact) mass is 417 g/mol. The molecule has 0 aromatic heterocycles. The Labute approximate surface area is 165 Å². The SMILES string of the molecule is COc1ccc(S(=O)(=O)N(c2ccccc2)S(=O)(=O)c2ccc(C)cc2)cc1. The van der Waals surface area contributed by atoms with Crippen LogP contribution in [0.5, 0.6) is 5.75 Å². The highest BCUT2D eigenvalue weighted by atomic mass is 32.3. The number of rotatable bonds is 6. The number of hydrogen-bond donors (Lipinski definition) is 0. The van der Waals surface area contributed by atoms with E-state index in [0.717, 1.165) is 5.56 Å². The summed E-state index contributed by atoms with van der Waals surface area (Å²) in [7, 11) is -7.32. The third kappa shape index (κ3) is 3.74. The summed E-state index contributed by atoms with van der Waals surface area (Å²) >= 11 is 0. The van der Waals surface area contributed by atoms with E-state index in [4.69, 9.17) is 4.74 Å². The summed E-state index contributed by atoms with van der Waals surface area (Å²) in [6, 6.07) is 19.3. The summed E-state index contributed by atoms with van der Waals surface area (Å²) in [5.41, 5.74) is 0.891. The van der Waals surface area contributed by atoms with Crippen molar-refractivity contribution in [2.75, 3.05) is 10.8 Å². The van der Waals surface area contributed by atoms with E-state index in [1.54, 1.807) is 30.3 Å². The number of anilines is 1. The van der Waals surface area contributed by atoms with Crippen LogP contribution in [0.2, 0.25) is 0 Å². The standard InChI is InChI=1S/C20H19NO5S2/c1-16-8-12-19(13-9-16)27(22,23)21(17-6-4-3-5-7-17)28(24,25)20-14-10-18(26-2)11-15-20/h3-15H,1-2H3. The van der Waals surface area contributed by atoms with Crippen LogP contribution in [0, 0.1) is 6.92 Å². The fourth-order valence-electron chi connectivity index (χ4n) is 2.61. The molecule has 0 heterocycles. The smallest absolute Gasteiger partial charge is 0.277 e. The Balaban J connectivity index is 2.21. The third-order valence-electron chi connectivity index (χ3n) is 4.08. The quantitative estimate of drug-likeness (QED) is 0.612. The lowest BCUT2D eigenvalue weighted by molar-refractivity contribution is 0.414. The molecule has 6 nitrogen and oxygen atoms in total. The van der Waals surface area contributed by atoms with Crippen molar-refractivity contribution >= 4 is 25.7 Å². The average Bonchev–Trinajstić information content (AvgIpc) is 2.69. The Bertz CT molecular complexity index is 1160. The van der Waals surface area contributed by atoms with E-state index < -0.39 is 20.0 Å². The first kappa shape index (κ1) is 19.9. The zero-order chi connectivity index (χ0) is 20.4. The Morgan fingerprint density at radius 1 is 0.679 bits per heavy atom. The van der Waals surface area contributed by atoms with Crippen molar-refractivity contribution in [3.63, 3.8) is 0 Å². The minimum atomic E-state index is -4.41. The third-order valence-corrected chi connectivity index (χ3v) is 8.29. The van der Waals surface area contributed by atoms with Gasteiger partial charge in [-0.3, -0.25) is 0 Å².